The second-order valence-electron chi connectivity index (χ2n) is 5.60. The second kappa shape index (κ2) is 7.43. The molecule has 0 unspecified atom stereocenters. The largest absolute Gasteiger partial charge is 0.483 e. The van der Waals surface area contributed by atoms with Crippen molar-refractivity contribution in [2.45, 2.75) is 37.8 Å². The molecule has 0 bridgehead atoms. The van der Waals surface area contributed by atoms with Crippen molar-refractivity contribution in [3.63, 3.8) is 0 Å². The molecule has 1 saturated carbocycles. The minimum atomic E-state index is -0.558. The Morgan fingerprint density at radius 1 is 1.33 bits per heavy atom. The van der Waals surface area contributed by atoms with Gasteiger partial charge < -0.3 is 20.5 Å². The lowest BCUT2D eigenvalue weighted by molar-refractivity contribution is -0.122. The summed E-state index contributed by atoms with van der Waals surface area (Å²) in [5, 5.41) is 16.1. The zero-order chi connectivity index (χ0) is 15.1. The molecule has 0 saturated heterocycles. The van der Waals surface area contributed by atoms with Crippen LogP contribution in [-0.4, -0.2) is 36.8 Å². The number of hydrogen-bond acceptors (Lipinski definition) is 4. The van der Waals surface area contributed by atoms with E-state index in [4.69, 9.17) is 4.74 Å². The van der Waals surface area contributed by atoms with Crippen LogP contribution in [0.2, 0.25) is 0 Å². The molecule has 1 aliphatic carbocycles. The van der Waals surface area contributed by atoms with E-state index in [1.807, 2.05) is 24.3 Å². The molecule has 1 amide bonds. The van der Waals surface area contributed by atoms with Crippen LogP contribution in [0.1, 0.15) is 31.2 Å². The summed E-state index contributed by atoms with van der Waals surface area (Å²) >= 11 is 0. The monoisotopic (exact) mass is 292 g/mol. The van der Waals surface area contributed by atoms with Crippen molar-refractivity contribution in [1.82, 2.24) is 10.6 Å². The van der Waals surface area contributed by atoms with Crippen LogP contribution in [0.5, 0.6) is 5.75 Å². The smallest absolute Gasteiger partial charge is 0.257 e. The van der Waals surface area contributed by atoms with E-state index in [9.17, 15) is 9.90 Å². The van der Waals surface area contributed by atoms with Gasteiger partial charge in [0.25, 0.3) is 5.91 Å². The van der Waals surface area contributed by atoms with Gasteiger partial charge in [-0.2, -0.15) is 0 Å². The number of nitrogens with one attached hydrogen (secondary N) is 2. The average Bonchev–Trinajstić information content (AvgIpc) is 2.92. The molecule has 0 aliphatic heterocycles. The van der Waals surface area contributed by atoms with Crippen molar-refractivity contribution in [3.05, 3.63) is 29.8 Å². The lowest BCUT2D eigenvalue weighted by Gasteiger charge is -2.22. The van der Waals surface area contributed by atoms with E-state index in [0.29, 0.717) is 18.8 Å². The zero-order valence-electron chi connectivity index (χ0n) is 12.5. The molecule has 116 valence electrons. The third kappa shape index (κ3) is 4.72. The topological polar surface area (TPSA) is 70.6 Å². The van der Waals surface area contributed by atoms with Gasteiger partial charge in [-0.25, -0.2) is 0 Å². The van der Waals surface area contributed by atoms with Crippen LogP contribution in [0, 0.1) is 0 Å². The maximum atomic E-state index is 11.2. The normalized spacial score (nSPS) is 16.7. The Morgan fingerprint density at radius 2 is 2.05 bits per heavy atom. The van der Waals surface area contributed by atoms with Crippen LogP contribution >= 0.6 is 0 Å². The maximum Gasteiger partial charge on any atom is 0.257 e. The van der Waals surface area contributed by atoms with Gasteiger partial charge in [-0.1, -0.05) is 31.0 Å². The van der Waals surface area contributed by atoms with Crippen molar-refractivity contribution >= 4 is 5.91 Å². The summed E-state index contributed by atoms with van der Waals surface area (Å²) in [7, 11) is 1.58. The summed E-state index contributed by atoms with van der Waals surface area (Å²) in [6.45, 7) is 1.22. The molecule has 2 rings (SSSR count). The molecule has 5 heteroatoms. The van der Waals surface area contributed by atoms with Crippen LogP contribution in [0.3, 0.4) is 0 Å². The van der Waals surface area contributed by atoms with Crippen LogP contribution < -0.4 is 15.4 Å². The number of carbonyl (C=O) groups excluding carboxylic acids is 1. The van der Waals surface area contributed by atoms with E-state index >= 15 is 0 Å². The van der Waals surface area contributed by atoms with Crippen molar-refractivity contribution in [2.75, 3.05) is 20.2 Å². The molecule has 1 aliphatic rings. The van der Waals surface area contributed by atoms with Gasteiger partial charge in [0.2, 0.25) is 0 Å². The van der Waals surface area contributed by atoms with Crippen molar-refractivity contribution in [1.29, 1.82) is 0 Å². The number of hydrogen-bond donors (Lipinski definition) is 3. The van der Waals surface area contributed by atoms with Gasteiger partial charge in [-0.05, 0) is 18.9 Å². The standard InChI is InChI=1S/C16H24N2O3/c1-17-15(19)11-21-14-7-3-2-6-13(14)10-18-12-16(20)8-4-5-9-16/h2-3,6-7,18,20H,4-5,8-12H2,1H3,(H,17,19). The molecule has 0 spiro atoms. The Hall–Kier alpha value is -1.59. The molecule has 1 fully saturated rings. The summed E-state index contributed by atoms with van der Waals surface area (Å²) in [4.78, 5) is 11.2. The third-order valence-electron chi connectivity index (χ3n) is 3.91. The van der Waals surface area contributed by atoms with Gasteiger partial charge in [0.05, 0.1) is 5.60 Å². The number of benzene rings is 1. The predicted octanol–water partition coefficient (Wildman–Crippen LogP) is 1.21. The number of likely N-dealkylation sites (N-methyl/N-ethyl adjacent to an activating group) is 1. The highest BCUT2D eigenvalue weighted by molar-refractivity contribution is 5.77. The average molecular weight is 292 g/mol. The fourth-order valence-corrected chi connectivity index (χ4v) is 2.65. The van der Waals surface area contributed by atoms with E-state index in [1.54, 1.807) is 7.05 Å². The Bertz CT molecular complexity index is 470. The first-order valence-corrected chi connectivity index (χ1v) is 7.47. The van der Waals surface area contributed by atoms with Gasteiger partial charge in [-0.15, -0.1) is 0 Å². The molecule has 1 aromatic rings. The minimum absolute atomic E-state index is 0.0114. The van der Waals surface area contributed by atoms with Crippen LogP contribution in [0.25, 0.3) is 0 Å². The first-order valence-electron chi connectivity index (χ1n) is 7.47. The molecule has 21 heavy (non-hydrogen) atoms. The number of carbonyl (C=O) groups is 1. The highest BCUT2D eigenvalue weighted by Gasteiger charge is 2.30. The Labute approximate surface area is 125 Å². The molecule has 0 radical (unpaired) electrons. The van der Waals surface area contributed by atoms with E-state index < -0.39 is 5.60 Å². The summed E-state index contributed by atoms with van der Waals surface area (Å²) in [5.74, 6) is 0.546. The highest BCUT2D eigenvalue weighted by atomic mass is 16.5. The quantitative estimate of drug-likeness (QED) is 0.706. The first kappa shape index (κ1) is 15.8. The molecule has 3 N–H and O–H groups in total. The number of para-hydroxylation sites is 1. The molecular weight excluding hydrogens is 268 g/mol. The van der Waals surface area contributed by atoms with E-state index in [1.165, 1.54) is 0 Å². The number of aliphatic hydroxyl groups is 1. The summed E-state index contributed by atoms with van der Waals surface area (Å²) < 4.78 is 5.52. The zero-order valence-corrected chi connectivity index (χ0v) is 12.5. The molecule has 1 aromatic carbocycles. The number of amides is 1. The van der Waals surface area contributed by atoms with E-state index in [-0.39, 0.29) is 12.5 Å². The Balaban J connectivity index is 1.86. The molecular formula is C16H24N2O3. The highest BCUT2D eigenvalue weighted by Crippen LogP contribution is 2.28. The Morgan fingerprint density at radius 3 is 2.76 bits per heavy atom. The summed E-state index contributed by atoms with van der Waals surface area (Å²) in [5.41, 5.74) is 0.431. The first-order chi connectivity index (χ1) is 10.1. The summed E-state index contributed by atoms with van der Waals surface area (Å²) in [6, 6.07) is 7.64. The lowest BCUT2D eigenvalue weighted by Crippen LogP contribution is -2.37. The lowest BCUT2D eigenvalue weighted by atomic mass is 10.0. The van der Waals surface area contributed by atoms with Gasteiger partial charge in [0.15, 0.2) is 6.61 Å². The van der Waals surface area contributed by atoms with Crippen LogP contribution in [-0.2, 0) is 11.3 Å². The molecule has 0 heterocycles. The van der Waals surface area contributed by atoms with Crippen molar-refractivity contribution in [2.24, 2.45) is 0 Å². The second-order valence-corrected chi connectivity index (χ2v) is 5.60. The van der Waals surface area contributed by atoms with Gasteiger partial charge in [-0.3, -0.25) is 4.79 Å². The van der Waals surface area contributed by atoms with Crippen molar-refractivity contribution < 1.29 is 14.6 Å². The fourth-order valence-electron chi connectivity index (χ4n) is 2.65. The minimum Gasteiger partial charge on any atom is -0.483 e. The SMILES string of the molecule is CNC(=O)COc1ccccc1CNCC1(O)CCCC1. The predicted molar refractivity (Wildman–Crippen MR) is 81.1 cm³/mol. The van der Waals surface area contributed by atoms with Gasteiger partial charge in [0.1, 0.15) is 5.75 Å². The fraction of sp³-hybridized carbons (Fsp3) is 0.562. The summed E-state index contributed by atoms with van der Waals surface area (Å²) in [6.07, 6.45) is 3.94. The third-order valence-corrected chi connectivity index (χ3v) is 3.91. The molecule has 0 aromatic heterocycles. The Kier molecular flexibility index (Phi) is 5.59. The number of ether oxygens (including phenoxy) is 1. The van der Waals surface area contributed by atoms with Crippen molar-refractivity contribution in [3.8, 4) is 5.75 Å². The van der Waals surface area contributed by atoms with Gasteiger partial charge in [0, 0.05) is 25.7 Å². The number of rotatable bonds is 7. The van der Waals surface area contributed by atoms with E-state index in [2.05, 4.69) is 10.6 Å². The maximum absolute atomic E-state index is 11.2. The van der Waals surface area contributed by atoms with Gasteiger partial charge >= 0.3 is 0 Å². The molecule has 5 nitrogen and oxygen atoms in total. The van der Waals surface area contributed by atoms with Crippen LogP contribution in [0.15, 0.2) is 24.3 Å². The molecule has 0 atom stereocenters. The van der Waals surface area contributed by atoms with Crippen LogP contribution in [0.4, 0.5) is 0 Å². The van der Waals surface area contributed by atoms with E-state index in [0.717, 1.165) is 31.2 Å².